The number of amides is 2. The summed E-state index contributed by atoms with van der Waals surface area (Å²) in [7, 11) is 1.77. The third-order valence-electron chi connectivity index (χ3n) is 4.04. The van der Waals surface area contributed by atoms with Gasteiger partial charge in [-0.15, -0.1) is 0 Å². The smallest absolute Gasteiger partial charge is 0.252 e. The Morgan fingerprint density at radius 1 is 1.12 bits per heavy atom. The largest absolute Gasteiger partial charge is 0.366 e. The van der Waals surface area contributed by atoms with Crippen LogP contribution < -0.4 is 11.1 Å². The zero-order valence-electron chi connectivity index (χ0n) is 14.0. The molecule has 0 aliphatic carbocycles. The van der Waals surface area contributed by atoms with Crippen molar-refractivity contribution in [3.05, 3.63) is 89.3 Å². The van der Waals surface area contributed by atoms with Crippen molar-refractivity contribution in [1.29, 1.82) is 0 Å². The van der Waals surface area contributed by atoms with Gasteiger partial charge in [-0.3, -0.25) is 9.59 Å². The van der Waals surface area contributed by atoms with E-state index in [9.17, 15) is 14.0 Å². The lowest BCUT2D eigenvalue weighted by molar-refractivity contribution is 0.0938. The van der Waals surface area contributed by atoms with Gasteiger partial charge in [0.2, 0.25) is 5.91 Å². The maximum absolute atomic E-state index is 14.3. The molecular weight excluding hydrogens is 335 g/mol. The van der Waals surface area contributed by atoms with Crippen LogP contribution in [-0.4, -0.2) is 21.4 Å². The summed E-state index contributed by atoms with van der Waals surface area (Å²) in [4.78, 5) is 28.0. The highest BCUT2D eigenvalue weighted by Crippen LogP contribution is 2.23. The first-order valence-corrected chi connectivity index (χ1v) is 7.89. The lowest BCUT2D eigenvalue weighted by Crippen LogP contribution is -2.31. The topological polar surface area (TPSA) is 90.0 Å². The number of carbonyl (C=O) groups excluding carboxylic acids is 2. The fourth-order valence-electron chi connectivity index (χ4n) is 2.65. The molecule has 3 N–H and O–H groups in total. The summed E-state index contributed by atoms with van der Waals surface area (Å²) in [6.45, 7) is 0. The van der Waals surface area contributed by atoms with Gasteiger partial charge in [0.25, 0.3) is 5.91 Å². The van der Waals surface area contributed by atoms with Gasteiger partial charge in [0, 0.05) is 36.1 Å². The molecule has 0 radical (unpaired) electrons. The predicted molar refractivity (Wildman–Crippen MR) is 93.9 cm³/mol. The number of rotatable bonds is 5. The Kier molecular flexibility index (Phi) is 4.79. The Bertz CT molecular complexity index is 950. The molecule has 2 amide bonds. The van der Waals surface area contributed by atoms with E-state index in [1.807, 2.05) is 0 Å². The molecule has 0 fully saturated rings. The van der Waals surface area contributed by atoms with E-state index in [0.29, 0.717) is 22.5 Å². The number of imidazole rings is 1. The Hall–Kier alpha value is -3.48. The summed E-state index contributed by atoms with van der Waals surface area (Å²) in [5.41, 5.74) is 6.14. The van der Waals surface area contributed by atoms with Crippen LogP contribution in [-0.2, 0) is 7.05 Å². The van der Waals surface area contributed by atoms with Crippen LogP contribution in [0, 0.1) is 5.82 Å². The number of halogens is 1. The number of aromatic nitrogens is 2. The van der Waals surface area contributed by atoms with Crippen molar-refractivity contribution in [2.75, 3.05) is 0 Å². The quantitative estimate of drug-likeness (QED) is 0.737. The minimum Gasteiger partial charge on any atom is -0.366 e. The molecule has 1 atom stereocenters. The summed E-state index contributed by atoms with van der Waals surface area (Å²) in [5.74, 6) is -0.937. The first-order valence-electron chi connectivity index (χ1n) is 7.89. The van der Waals surface area contributed by atoms with Crippen LogP contribution in [0.25, 0.3) is 0 Å². The minimum absolute atomic E-state index is 0.302. The SMILES string of the molecule is Cn1ccnc1C(NC(=O)c1ccc(C(N)=O)cc1)c1ccccc1F. The second-order valence-corrected chi connectivity index (χ2v) is 5.77. The second kappa shape index (κ2) is 7.18. The number of nitrogens with zero attached hydrogens (tertiary/aromatic N) is 2. The lowest BCUT2D eigenvalue weighted by atomic mass is 10.0. The van der Waals surface area contributed by atoms with Crippen LogP contribution in [0.4, 0.5) is 4.39 Å². The highest BCUT2D eigenvalue weighted by Gasteiger charge is 2.24. The Morgan fingerprint density at radius 3 is 2.35 bits per heavy atom. The first kappa shape index (κ1) is 17.3. The molecule has 3 aromatic rings. The maximum atomic E-state index is 14.3. The minimum atomic E-state index is -0.764. The number of hydrogen-bond donors (Lipinski definition) is 2. The molecule has 7 heteroatoms. The Morgan fingerprint density at radius 2 is 1.77 bits per heavy atom. The molecule has 1 heterocycles. The molecule has 6 nitrogen and oxygen atoms in total. The van der Waals surface area contributed by atoms with Crippen LogP contribution in [0.2, 0.25) is 0 Å². The van der Waals surface area contributed by atoms with E-state index in [0.717, 1.165) is 0 Å². The number of hydrogen-bond acceptors (Lipinski definition) is 3. The van der Waals surface area contributed by atoms with Crippen LogP contribution in [0.3, 0.4) is 0 Å². The van der Waals surface area contributed by atoms with Crippen molar-refractivity contribution in [3.63, 3.8) is 0 Å². The molecule has 132 valence electrons. The highest BCUT2D eigenvalue weighted by atomic mass is 19.1. The molecule has 1 unspecified atom stereocenters. The number of nitrogens with two attached hydrogens (primary N) is 1. The second-order valence-electron chi connectivity index (χ2n) is 5.77. The fourth-order valence-corrected chi connectivity index (χ4v) is 2.65. The van der Waals surface area contributed by atoms with E-state index in [2.05, 4.69) is 10.3 Å². The van der Waals surface area contributed by atoms with Crippen molar-refractivity contribution in [1.82, 2.24) is 14.9 Å². The molecule has 0 aliphatic rings. The monoisotopic (exact) mass is 352 g/mol. The lowest BCUT2D eigenvalue weighted by Gasteiger charge is -2.20. The Labute approximate surface area is 149 Å². The number of benzene rings is 2. The zero-order chi connectivity index (χ0) is 18.7. The number of nitrogens with one attached hydrogen (secondary N) is 1. The average molecular weight is 352 g/mol. The van der Waals surface area contributed by atoms with Crippen molar-refractivity contribution in [3.8, 4) is 0 Å². The predicted octanol–water partition coefficient (Wildman–Crippen LogP) is 2.18. The van der Waals surface area contributed by atoms with Crippen molar-refractivity contribution >= 4 is 11.8 Å². The first-order chi connectivity index (χ1) is 12.5. The van der Waals surface area contributed by atoms with Crippen LogP contribution >= 0.6 is 0 Å². The van der Waals surface area contributed by atoms with E-state index in [1.54, 1.807) is 42.2 Å². The molecule has 0 bridgehead atoms. The van der Waals surface area contributed by atoms with Crippen LogP contribution in [0.5, 0.6) is 0 Å². The van der Waals surface area contributed by atoms with Gasteiger partial charge in [-0.1, -0.05) is 18.2 Å². The molecule has 1 aromatic heterocycles. The van der Waals surface area contributed by atoms with Crippen molar-refractivity contribution < 1.29 is 14.0 Å². The highest BCUT2D eigenvalue weighted by molar-refractivity contribution is 5.97. The molecule has 26 heavy (non-hydrogen) atoms. The number of aryl methyl sites for hydroxylation is 1. The zero-order valence-corrected chi connectivity index (χ0v) is 14.0. The van der Waals surface area contributed by atoms with Gasteiger partial charge >= 0.3 is 0 Å². The molecule has 0 spiro atoms. The Balaban J connectivity index is 1.93. The van der Waals surface area contributed by atoms with Gasteiger partial charge < -0.3 is 15.6 Å². The fraction of sp³-hybridized carbons (Fsp3) is 0.105. The van der Waals surface area contributed by atoms with E-state index in [4.69, 9.17) is 5.73 Å². The van der Waals surface area contributed by atoms with Gasteiger partial charge in [-0.05, 0) is 30.3 Å². The summed E-state index contributed by atoms with van der Waals surface area (Å²) in [5, 5.41) is 2.80. The summed E-state index contributed by atoms with van der Waals surface area (Å²) < 4.78 is 16.0. The van der Waals surface area contributed by atoms with Gasteiger partial charge in [0.1, 0.15) is 17.7 Å². The van der Waals surface area contributed by atoms with Gasteiger partial charge in [-0.2, -0.15) is 0 Å². The van der Waals surface area contributed by atoms with E-state index >= 15 is 0 Å². The normalized spacial score (nSPS) is 11.8. The van der Waals surface area contributed by atoms with E-state index in [1.165, 1.54) is 30.3 Å². The molecule has 3 rings (SSSR count). The maximum Gasteiger partial charge on any atom is 0.252 e. The molecule has 0 saturated carbocycles. The van der Waals surface area contributed by atoms with Crippen molar-refractivity contribution in [2.24, 2.45) is 12.8 Å². The third-order valence-corrected chi connectivity index (χ3v) is 4.04. The third kappa shape index (κ3) is 3.46. The number of primary amides is 1. The number of carbonyl (C=O) groups is 2. The van der Waals surface area contributed by atoms with Gasteiger partial charge in [0.15, 0.2) is 0 Å². The molecule has 0 aliphatic heterocycles. The van der Waals surface area contributed by atoms with Gasteiger partial charge in [0.05, 0.1) is 0 Å². The molecule has 2 aromatic carbocycles. The van der Waals surface area contributed by atoms with Crippen LogP contribution in [0.15, 0.2) is 60.9 Å². The summed E-state index contributed by atoms with van der Waals surface area (Å²) >= 11 is 0. The summed E-state index contributed by atoms with van der Waals surface area (Å²) in [6, 6.07) is 11.4. The van der Waals surface area contributed by atoms with E-state index < -0.39 is 23.7 Å². The molecular formula is C19H17FN4O2. The van der Waals surface area contributed by atoms with Gasteiger partial charge in [-0.25, -0.2) is 9.37 Å². The summed E-state index contributed by atoms with van der Waals surface area (Å²) in [6.07, 6.45) is 3.30. The van der Waals surface area contributed by atoms with Crippen molar-refractivity contribution in [2.45, 2.75) is 6.04 Å². The van der Waals surface area contributed by atoms with E-state index in [-0.39, 0.29) is 0 Å². The van der Waals surface area contributed by atoms with Crippen LogP contribution in [0.1, 0.15) is 38.1 Å². The molecule has 0 saturated heterocycles. The average Bonchev–Trinajstić information content (AvgIpc) is 3.06. The standard InChI is InChI=1S/C19H17FN4O2/c1-24-11-10-22-18(24)16(14-4-2-3-5-15(14)20)23-19(26)13-8-6-12(7-9-13)17(21)25/h2-11,16H,1H3,(H2,21,25)(H,23,26).